The van der Waals surface area contributed by atoms with Gasteiger partial charge in [-0.15, -0.1) is 0 Å². The van der Waals surface area contributed by atoms with Crippen molar-refractivity contribution >= 4 is 135 Å². The second kappa shape index (κ2) is 24.6. The van der Waals surface area contributed by atoms with Gasteiger partial charge in [-0.3, -0.25) is 59.2 Å². The number of halogens is 5. The van der Waals surface area contributed by atoms with E-state index in [-0.39, 0.29) is 66.4 Å². The van der Waals surface area contributed by atoms with E-state index in [4.69, 9.17) is 0 Å². The van der Waals surface area contributed by atoms with Crippen LogP contribution in [0.15, 0.2) is 0 Å². The average Bonchev–Trinajstić information content (AvgIpc) is 4.07. The zero-order chi connectivity index (χ0) is 44.0. The number of piperazine rings is 6. The molecule has 4 amide bonds. The van der Waals surface area contributed by atoms with Gasteiger partial charge in [0.15, 0.2) is 0 Å². The van der Waals surface area contributed by atoms with E-state index in [9.17, 15) is 28.8 Å². The maximum atomic E-state index is 11.8. The normalized spacial score (nSPS) is 30.9. The van der Waals surface area contributed by atoms with Gasteiger partial charge in [-0.25, -0.2) is 9.59 Å². The van der Waals surface area contributed by atoms with Gasteiger partial charge in [0.05, 0.1) is 25.5 Å². The summed E-state index contributed by atoms with van der Waals surface area (Å²) in [5, 5.41) is 7.05. The minimum absolute atomic E-state index is 0.00926. The standard InChI is InChI=1S/2C10H14N4O2.C8H16N4.C6H10O4.5HI.2V/c2*15-9-10(16)14-6-4-12-2-1-11-3-5-13(9)8(14)7(11)12;1-3-11-5-6-12-4-2-10-7(9-1)8(11)12;1-3-9-5(7)6(8)10-4-2;;;;;;;/h2*7-8H,1-6H2;7-10H,1-6H2;3-4H2,1-2H3;5*1H;;/q;;;;;;;;;+2;+3/p-5. The van der Waals surface area contributed by atoms with Gasteiger partial charge in [-0.2, -0.15) is 0 Å². The minimum atomic E-state index is -0.927. The molecule has 0 unspecified atom stereocenters. The van der Waals surface area contributed by atoms with Crippen LogP contribution in [0.3, 0.4) is 0 Å². The monoisotopic (exact) mass is 1490 g/mol. The van der Waals surface area contributed by atoms with Gasteiger partial charge in [0, 0.05) is 118 Å². The van der Waals surface area contributed by atoms with Crippen LogP contribution in [0.2, 0.25) is 0 Å². The second-order valence-corrected chi connectivity index (χ2v) is 62.5. The molecule has 0 aromatic heterocycles. The van der Waals surface area contributed by atoms with E-state index in [1.165, 1.54) is 26.2 Å². The van der Waals surface area contributed by atoms with Crippen LogP contribution in [0.25, 0.3) is 0 Å². The Morgan fingerprint density at radius 2 is 0.754 bits per heavy atom. The average molecular weight is 1500 g/mol. The Labute approximate surface area is 424 Å². The van der Waals surface area contributed by atoms with Crippen molar-refractivity contribution in [1.82, 2.24) is 59.6 Å². The molecule has 11 aliphatic rings. The molecule has 0 radical (unpaired) electrons. The molecule has 61 heavy (non-hydrogen) atoms. The molecule has 2 N–H and O–H groups in total. The van der Waals surface area contributed by atoms with Crippen molar-refractivity contribution in [2.24, 2.45) is 0 Å². The zero-order valence-electron chi connectivity index (χ0n) is 34.1. The fourth-order valence-corrected chi connectivity index (χ4v) is 10.1. The number of hydrogen-bond acceptors (Lipinski definition) is 16. The predicted octanol–water partition coefficient (Wildman–Crippen LogP) is -1.09. The molecule has 11 heterocycles. The Bertz CT molecular complexity index is 1430. The molecule has 11 aliphatic heterocycles. The summed E-state index contributed by atoms with van der Waals surface area (Å²) in [5.74, 6) is -3.03. The summed E-state index contributed by atoms with van der Waals surface area (Å²) in [6.45, 7) is 21.6. The van der Waals surface area contributed by atoms with Gasteiger partial charge < -0.3 is 29.1 Å². The summed E-state index contributed by atoms with van der Waals surface area (Å²) in [6, 6.07) is 0. The molecule has 0 spiro atoms. The van der Waals surface area contributed by atoms with Crippen molar-refractivity contribution < 1.29 is 52.6 Å². The number of carbonyl (C=O) groups excluding carboxylic acids is 6. The number of ether oxygens (including phenoxy) is 2. The van der Waals surface area contributed by atoms with Crippen molar-refractivity contribution in [2.75, 3.05) is 131 Å². The van der Waals surface area contributed by atoms with Gasteiger partial charge in [0.1, 0.15) is 24.7 Å². The summed E-state index contributed by atoms with van der Waals surface area (Å²) < 4.78 is 8.69. The van der Waals surface area contributed by atoms with Crippen LogP contribution in [0, 0.1) is 0 Å². The first-order valence-corrected chi connectivity index (χ1v) is 43.1. The predicted molar refractivity (Wildman–Crippen MR) is 258 cm³/mol. The molecular formula is C34H54I5N12O8V2. The van der Waals surface area contributed by atoms with Gasteiger partial charge >= 0.3 is 150 Å². The van der Waals surface area contributed by atoms with Crippen LogP contribution in [-0.2, 0) is 52.6 Å². The first-order chi connectivity index (χ1) is 29.4. The third-order valence-electron chi connectivity index (χ3n) is 12.5. The number of rotatable bonds is 2. The molecule has 27 heteroatoms. The molecule has 0 saturated carbocycles. The Kier molecular flexibility index (Phi) is 20.8. The van der Waals surface area contributed by atoms with E-state index in [0.29, 0.717) is 48.0 Å². The first kappa shape index (κ1) is 51.7. The van der Waals surface area contributed by atoms with E-state index in [0.717, 1.165) is 65.4 Å². The van der Waals surface area contributed by atoms with E-state index in [1.807, 2.05) is 0 Å². The van der Waals surface area contributed by atoms with Crippen molar-refractivity contribution in [3.8, 4) is 0 Å². The van der Waals surface area contributed by atoms with Gasteiger partial charge in [0.2, 0.25) is 0 Å². The number of amides is 4. The van der Waals surface area contributed by atoms with Crippen LogP contribution in [0.5, 0.6) is 0 Å². The summed E-state index contributed by atoms with van der Waals surface area (Å²) >= 11 is 12.1. The molecule has 0 bridgehead atoms. The molecular weight excluding hydrogens is 1440 g/mol. The molecule has 0 atom stereocenters. The number of nitrogens with zero attached hydrogens (tertiary/aromatic N) is 10. The van der Waals surface area contributed by atoms with Crippen LogP contribution in [0.4, 0.5) is 0 Å². The van der Waals surface area contributed by atoms with Gasteiger partial charge in [-0.1, -0.05) is 0 Å². The number of esters is 2. The Hall–Kier alpha value is 1.32. The van der Waals surface area contributed by atoms with Gasteiger partial charge in [-0.05, 0) is 13.8 Å². The molecule has 11 fully saturated rings. The summed E-state index contributed by atoms with van der Waals surface area (Å²) in [4.78, 5) is 89.7. The molecule has 11 rings (SSSR count). The summed E-state index contributed by atoms with van der Waals surface area (Å²) in [5.41, 5.74) is 0. The Morgan fingerprint density at radius 3 is 1.02 bits per heavy atom. The molecule has 343 valence electrons. The molecule has 11 saturated heterocycles. The first-order valence-electron chi connectivity index (χ1n) is 20.5. The SMILES string of the molecule is C1CN2CCN3CCNC(N1)C23.CCOC(=O)C(=O)OCC.O=C1C(=O)N2CCN3CCN4CCN1C2C43.O=C1C(=O)N2CCN3CCN4CCN1C2C43.[I][V]([I])[I].[I][V][I]. The summed E-state index contributed by atoms with van der Waals surface area (Å²) in [7, 11) is 0.628. The third kappa shape index (κ3) is 12.0. The van der Waals surface area contributed by atoms with E-state index in [2.05, 4.69) is 149 Å². The number of nitrogens with one attached hydrogen (secondary N) is 2. The molecule has 0 aromatic rings. The maximum absolute atomic E-state index is 11.8. The topological polar surface area (TPSA) is 177 Å². The van der Waals surface area contributed by atoms with Crippen LogP contribution >= 0.6 is 99.9 Å². The molecule has 0 aliphatic carbocycles. The third-order valence-corrected chi connectivity index (χ3v) is 12.5. The van der Waals surface area contributed by atoms with Crippen molar-refractivity contribution in [1.29, 1.82) is 0 Å². The number of carbonyl (C=O) groups is 6. The van der Waals surface area contributed by atoms with Crippen LogP contribution < -0.4 is 10.6 Å². The van der Waals surface area contributed by atoms with Crippen molar-refractivity contribution in [3.63, 3.8) is 0 Å². The van der Waals surface area contributed by atoms with E-state index in [1.54, 1.807) is 33.4 Å². The van der Waals surface area contributed by atoms with E-state index < -0.39 is 11.9 Å². The second-order valence-electron chi connectivity index (χ2n) is 15.4. The van der Waals surface area contributed by atoms with E-state index >= 15 is 0 Å². The Balaban J connectivity index is 0.000000131. The Morgan fingerprint density at radius 1 is 0.508 bits per heavy atom. The fraction of sp³-hybridized carbons (Fsp3) is 0.824. The molecule has 20 nitrogen and oxygen atoms in total. The molecule has 0 aromatic carbocycles. The van der Waals surface area contributed by atoms with Crippen LogP contribution in [0.1, 0.15) is 13.8 Å². The fourth-order valence-electron chi connectivity index (χ4n) is 10.1. The summed E-state index contributed by atoms with van der Waals surface area (Å²) in [6.07, 6.45) is 1.67. The van der Waals surface area contributed by atoms with Crippen molar-refractivity contribution in [2.45, 2.75) is 50.8 Å². The van der Waals surface area contributed by atoms with Crippen molar-refractivity contribution in [3.05, 3.63) is 0 Å². The quantitative estimate of drug-likeness (QED) is 0.194. The number of hydrogen-bond donors (Lipinski definition) is 2. The zero-order valence-corrected chi connectivity index (χ0v) is 47.7. The van der Waals surface area contributed by atoms with Crippen LogP contribution in [-0.4, -0.2) is 253 Å². The van der Waals surface area contributed by atoms with Gasteiger partial charge in [0.25, 0.3) is 0 Å².